The summed E-state index contributed by atoms with van der Waals surface area (Å²) >= 11 is 0. The van der Waals surface area contributed by atoms with Crippen LogP contribution in [0.15, 0.2) is 36.5 Å². The number of methoxy groups -OCH3 is 1. The number of benzene rings is 1. The van der Waals surface area contributed by atoms with Gasteiger partial charge in [0.25, 0.3) is 0 Å². The number of H-pyrrole nitrogens is 1. The van der Waals surface area contributed by atoms with E-state index in [1.807, 2.05) is 12.1 Å². The monoisotopic (exact) mass is 474 g/mol. The van der Waals surface area contributed by atoms with Crippen molar-refractivity contribution in [2.24, 2.45) is 0 Å². The van der Waals surface area contributed by atoms with E-state index in [2.05, 4.69) is 9.97 Å². The first kappa shape index (κ1) is 23.2. The standard InChI is InChI=1S/C23H27FN4O4S/c1-27(2)33(30,31)14-22(29)28-10-7-15(8-11-28)20-13-19-17(6-9-25-23(19)26-20)18-12-16(24)4-5-21(18)32-3/h4-6,9,12-13,15H,7-8,10-11,14H2,1-3H3,(H,25,26). The van der Waals surface area contributed by atoms with Gasteiger partial charge in [0.1, 0.15) is 23.0 Å². The minimum absolute atomic E-state index is 0.177. The number of pyridine rings is 1. The number of sulfonamides is 1. The number of likely N-dealkylation sites (tertiary alicyclic amines) is 1. The van der Waals surface area contributed by atoms with Gasteiger partial charge in [0.2, 0.25) is 15.9 Å². The van der Waals surface area contributed by atoms with E-state index >= 15 is 0 Å². The number of halogens is 1. The van der Waals surface area contributed by atoms with Gasteiger partial charge in [0.05, 0.1) is 7.11 Å². The van der Waals surface area contributed by atoms with Crippen molar-refractivity contribution >= 4 is 27.0 Å². The van der Waals surface area contributed by atoms with Crippen LogP contribution < -0.4 is 4.74 Å². The van der Waals surface area contributed by atoms with E-state index in [9.17, 15) is 17.6 Å². The van der Waals surface area contributed by atoms with Crippen LogP contribution in [0, 0.1) is 5.82 Å². The maximum Gasteiger partial charge on any atom is 0.239 e. The van der Waals surface area contributed by atoms with Crippen molar-refractivity contribution in [3.8, 4) is 16.9 Å². The predicted octanol–water partition coefficient (Wildman–Crippen LogP) is 2.98. The van der Waals surface area contributed by atoms with Crippen LogP contribution in [0.1, 0.15) is 24.5 Å². The molecule has 1 saturated heterocycles. The molecule has 2 aromatic heterocycles. The molecule has 1 amide bonds. The number of carbonyl (C=O) groups excluding carboxylic acids is 1. The van der Waals surface area contributed by atoms with E-state index in [0.717, 1.165) is 20.9 Å². The lowest BCUT2D eigenvalue weighted by Crippen LogP contribution is -2.43. The number of nitrogens with zero attached hydrogens (tertiary/aromatic N) is 3. The third-order valence-corrected chi connectivity index (χ3v) is 7.88. The number of amides is 1. The molecule has 0 aliphatic carbocycles. The summed E-state index contributed by atoms with van der Waals surface area (Å²) in [5, 5.41) is 0.868. The van der Waals surface area contributed by atoms with Crippen LogP contribution in [0.5, 0.6) is 5.75 Å². The van der Waals surface area contributed by atoms with Crippen molar-refractivity contribution in [3.63, 3.8) is 0 Å². The van der Waals surface area contributed by atoms with Crippen LogP contribution in [-0.4, -0.2) is 73.5 Å². The minimum atomic E-state index is -3.58. The zero-order chi connectivity index (χ0) is 23.8. The number of aromatic nitrogens is 2. The van der Waals surface area contributed by atoms with Gasteiger partial charge in [-0.2, -0.15) is 0 Å². The van der Waals surface area contributed by atoms with E-state index in [0.29, 0.717) is 42.9 Å². The SMILES string of the molecule is COc1ccc(F)cc1-c1ccnc2[nH]c(C3CCN(C(=O)CS(=O)(=O)N(C)C)CC3)cc12. The molecule has 3 heterocycles. The maximum absolute atomic E-state index is 14.0. The number of piperidine rings is 1. The second-order valence-corrected chi connectivity index (χ2v) is 10.6. The van der Waals surface area contributed by atoms with Crippen LogP contribution in [0.2, 0.25) is 0 Å². The van der Waals surface area contributed by atoms with Gasteiger partial charge in [-0.05, 0) is 48.7 Å². The van der Waals surface area contributed by atoms with Crippen LogP contribution >= 0.6 is 0 Å². The summed E-state index contributed by atoms with van der Waals surface area (Å²) in [5.74, 6) is -0.484. The van der Waals surface area contributed by atoms with Gasteiger partial charge in [-0.25, -0.2) is 22.1 Å². The zero-order valence-electron chi connectivity index (χ0n) is 18.8. The average Bonchev–Trinajstić information content (AvgIpc) is 3.23. The lowest BCUT2D eigenvalue weighted by molar-refractivity contribution is -0.129. The summed E-state index contributed by atoms with van der Waals surface area (Å²) in [6.45, 7) is 0.972. The fourth-order valence-corrected chi connectivity index (χ4v) is 4.96. The summed E-state index contributed by atoms with van der Waals surface area (Å²) < 4.78 is 44.5. The Bertz CT molecular complexity index is 1280. The van der Waals surface area contributed by atoms with Gasteiger partial charge in [-0.3, -0.25) is 4.79 Å². The summed E-state index contributed by atoms with van der Waals surface area (Å²) in [7, 11) is 0.819. The Hall–Kier alpha value is -2.98. The molecule has 1 fully saturated rings. The van der Waals surface area contributed by atoms with Gasteiger partial charge in [-0.1, -0.05) is 0 Å². The molecule has 33 heavy (non-hydrogen) atoms. The smallest absolute Gasteiger partial charge is 0.239 e. The highest BCUT2D eigenvalue weighted by molar-refractivity contribution is 7.89. The fourth-order valence-electron chi connectivity index (χ4n) is 4.21. The number of ether oxygens (including phenoxy) is 1. The molecule has 176 valence electrons. The van der Waals surface area contributed by atoms with Gasteiger partial charge >= 0.3 is 0 Å². The number of fused-ring (bicyclic) bond motifs is 1. The van der Waals surface area contributed by atoms with Crippen molar-refractivity contribution in [3.05, 3.63) is 48.0 Å². The first-order chi connectivity index (χ1) is 15.7. The largest absolute Gasteiger partial charge is 0.496 e. The molecule has 3 aromatic rings. The van der Waals surface area contributed by atoms with Gasteiger partial charge in [-0.15, -0.1) is 0 Å². The molecular weight excluding hydrogens is 447 g/mol. The summed E-state index contributed by atoms with van der Waals surface area (Å²) in [6, 6.07) is 8.28. The number of rotatable bonds is 6. The van der Waals surface area contributed by atoms with Gasteiger partial charge in [0.15, 0.2) is 0 Å². The van der Waals surface area contributed by atoms with Crippen molar-refractivity contribution in [2.75, 3.05) is 40.0 Å². The first-order valence-electron chi connectivity index (χ1n) is 10.7. The van der Waals surface area contributed by atoms with Crippen LogP contribution in [-0.2, 0) is 14.8 Å². The van der Waals surface area contributed by atoms with Crippen LogP contribution in [0.25, 0.3) is 22.2 Å². The predicted molar refractivity (Wildman–Crippen MR) is 124 cm³/mol. The number of nitrogens with one attached hydrogen (secondary N) is 1. The number of carbonyl (C=O) groups is 1. The molecule has 0 atom stereocenters. The third-order valence-electron chi connectivity index (χ3n) is 6.15. The summed E-state index contributed by atoms with van der Waals surface area (Å²) in [6.07, 6.45) is 3.09. The Morgan fingerprint density at radius 2 is 1.94 bits per heavy atom. The van der Waals surface area contributed by atoms with E-state index in [1.54, 1.807) is 24.3 Å². The first-order valence-corrected chi connectivity index (χ1v) is 12.3. The highest BCUT2D eigenvalue weighted by Crippen LogP contribution is 2.37. The Morgan fingerprint density at radius 1 is 1.21 bits per heavy atom. The molecule has 10 heteroatoms. The Balaban J connectivity index is 1.54. The molecule has 0 unspecified atom stereocenters. The molecule has 0 spiro atoms. The molecular formula is C23H27FN4O4S. The van der Waals surface area contributed by atoms with E-state index in [4.69, 9.17) is 4.74 Å². The Morgan fingerprint density at radius 3 is 2.61 bits per heavy atom. The molecule has 1 N–H and O–H groups in total. The van der Waals surface area contributed by atoms with Gasteiger partial charge in [0, 0.05) is 55.9 Å². The summed E-state index contributed by atoms with van der Waals surface area (Å²) in [4.78, 5) is 21.9. The lowest BCUT2D eigenvalue weighted by atomic mass is 9.93. The third kappa shape index (κ3) is 4.72. The van der Waals surface area contributed by atoms with E-state index < -0.39 is 15.8 Å². The van der Waals surface area contributed by atoms with Crippen molar-refractivity contribution < 1.29 is 22.3 Å². The topological polar surface area (TPSA) is 95.6 Å². The van der Waals surface area contributed by atoms with Crippen molar-refractivity contribution in [1.82, 2.24) is 19.2 Å². The Labute approximate surface area is 192 Å². The van der Waals surface area contributed by atoms with Crippen LogP contribution in [0.4, 0.5) is 4.39 Å². The van der Waals surface area contributed by atoms with Crippen molar-refractivity contribution in [2.45, 2.75) is 18.8 Å². The minimum Gasteiger partial charge on any atom is -0.496 e. The molecule has 1 aromatic carbocycles. The number of aromatic amines is 1. The quantitative estimate of drug-likeness (QED) is 0.593. The number of hydrogen-bond acceptors (Lipinski definition) is 5. The molecule has 0 bridgehead atoms. The highest BCUT2D eigenvalue weighted by Gasteiger charge is 2.28. The van der Waals surface area contributed by atoms with E-state index in [1.165, 1.54) is 26.2 Å². The molecule has 1 aliphatic heterocycles. The number of hydrogen-bond donors (Lipinski definition) is 1. The van der Waals surface area contributed by atoms with Gasteiger partial charge < -0.3 is 14.6 Å². The lowest BCUT2D eigenvalue weighted by Gasteiger charge is -2.31. The molecule has 4 rings (SSSR count). The normalized spacial score (nSPS) is 15.4. The van der Waals surface area contributed by atoms with E-state index in [-0.39, 0.29) is 17.6 Å². The second-order valence-electron chi connectivity index (χ2n) is 8.38. The second kappa shape index (κ2) is 9.11. The fraction of sp³-hybridized carbons (Fsp3) is 0.391. The summed E-state index contributed by atoms with van der Waals surface area (Å²) in [5.41, 5.74) is 3.16. The van der Waals surface area contributed by atoms with Crippen molar-refractivity contribution in [1.29, 1.82) is 0 Å². The zero-order valence-corrected chi connectivity index (χ0v) is 19.7. The molecule has 0 saturated carbocycles. The maximum atomic E-state index is 14.0. The Kier molecular flexibility index (Phi) is 6.40. The molecule has 0 radical (unpaired) electrons. The molecule has 1 aliphatic rings. The molecule has 8 nitrogen and oxygen atoms in total. The van der Waals surface area contributed by atoms with Crippen LogP contribution in [0.3, 0.4) is 0 Å². The highest BCUT2D eigenvalue weighted by atomic mass is 32.2. The average molecular weight is 475 g/mol.